The molecule has 1 aromatic carbocycles. The van der Waals surface area contributed by atoms with Gasteiger partial charge in [0.2, 0.25) is 0 Å². The van der Waals surface area contributed by atoms with Crippen LogP contribution in [0.4, 0.5) is 5.69 Å². The normalized spacial score (nSPS) is 22.8. The molecule has 0 radical (unpaired) electrons. The number of likely N-dealkylation sites (tertiary alicyclic amines) is 1. The van der Waals surface area contributed by atoms with Crippen molar-refractivity contribution < 1.29 is 9.21 Å². The molecule has 1 saturated heterocycles. The smallest absolute Gasteiger partial charge is 0.255 e. The number of rotatable bonds is 6. The lowest BCUT2D eigenvalue weighted by atomic mass is 9.88. The fraction of sp³-hybridized carbons (Fsp3) is 0.593. The van der Waals surface area contributed by atoms with E-state index in [4.69, 9.17) is 4.42 Å². The highest BCUT2D eigenvalue weighted by Gasteiger charge is 2.29. The van der Waals surface area contributed by atoms with Crippen molar-refractivity contribution in [1.29, 1.82) is 0 Å². The van der Waals surface area contributed by atoms with Crippen molar-refractivity contribution in [2.45, 2.75) is 76.9 Å². The van der Waals surface area contributed by atoms with Gasteiger partial charge in [-0.3, -0.25) is 4.79 Å². The highest BCUT2D eigenvalue weighted by Crippen LogP contribution is 2.33. The molecule has 2 aliphatic heterocycles. The molecule has 172 valence electrons. The van der Waals surface area contributed by atoms with Crippen molar-refractivity contribution in [3.05, 3.63) is 53.5 Å². The van der Waals surface area contributed by atoms with E-state index in [1.165, 1.54) is 49.9 Å². The predicted molar refractivity (Wildman–Crippen MR) is 128 cm³/mol. The number of benzene rings is 1. The SMILES string of the molecule is CC1Cc2ccccc2N1Cc1occc1C(=O)NC1CCN(CC2CCCCC2)CC1. The number of carbonyl (C=O) groups is 1. The van der Waals surface area contributed by atoms with Crippen molar-refractivity contribution >= 4 is 11.6 Å². The summed E-state index contributed by atoms with van der Waals surface area (Å²) < 4.78 is 5.79. The molecule has 2 aromatic rings. The number of furan rings is 1. The Bertz CT molecular complexity index is 909. The van der Waals surface area contributed by atoms with Gasteiger partial charge in [-0.25, -0.2) is 0 Å². The number of anilines is 1. The summed E-state index contributed by atoms with van der Waals surface area (Å²) in [5.41, 5.74) is 3.32. The summed E-state index contributed by atoms with van der Waals surface area (Å²) in [5, 5.41) is 3.30. The molecule has 5 nitrogen and oxygen atoms in total. The molecule has 1 aromatic heterocycles. The van der Waals surface area contributed by atoms with Gasteiger partial charge in [-0.2, -0.15) is 0 Å². The van der Waals surface area contributed by atoms with E-state index in [1.807, 2.05) is 6.07 Å². The Balaban J connectivity index is 1.15. The summed E-state index contributed by atoms with van der Waals surface area (Å²) in [7, 11) is 0. The van der Waals surface area contributed by atoms with Crippen LogP contribution in [0.25, 0.3) is 0 Å². The molecular formula is C27H37N3O2. The molecule has 1 saturated carbocycles. The first-order valence-electron chi connectivity index (χ1n) is 12.6. The first-order chi connectivity index (χ1) is 15.7. The molecule has 5 rings (SSSR count). The molecule has 1 N–H and O–H groups in total. The van der Waals surface area contributed by atoms with Gasteiger partial charge in [0, 0.05) is 37.4 Å². The van der Waals surface area contributed by atoms with Crippen LogP contribution >= 0.6 is 0 Å². The van der Waals surface area contributed by atoms with Gasteiger partial charge in [0.25, 0.3) is 5.91 Å². The number of fused-ring (bicyclic) bond motifs is 1. The highest BCUT2D eigenvalue weighted by molar-refractivity contribution is 5.95. The zero-order chi connectivity index (χ0) is 21.9. The zero-order valence-electron chi connectivity index (χ0n) is 19.4. The molecular weight excluding hydrogens is 398 g/mol. The van der Waals surface area contributed by atoms with Gasteiger partial charge in [0.15, 0.2) is 0 Å². The monoisotopic (exact) mass is 435 g/mol. The minimum atomic E-state index is 0.0135. The lowest BCUT2D eigenvalue weighted by Gasteiger charge is -2.35. The number of piperidine rings is 1. The average molecular weight is 436 g/mol. The Labute approximate surface area is 192 Å². The maximum absolute atomic E-state index is 13.1. The number of nitrogens with zero attached hydrogens (tertiary/aromatic N) is 2. The molecule has 3 aliphatic rings. The number of para-hydroxylation sites is 1. The molecule has 5 heteroatoms. The molecule has 1 atom stereocenters. The first kappa shape index (κ1) is 21.6. The van der Waals surface area contributed by atoms with Crippen LogP contribution < -0.4 is 10.2 Å². The van der Waals surface area contributed by atoms with Gasteiger partial charge in [0.1, 0.15) is 5.76 Å². The summed E-state index contributed by atoms with van der Waals surface area (Å²) >= 11 is 0. The minimum absolute atomic E-state index is 0.0135. The number of hydrogen-bond donors (Lipinski definition) is 1. The van der Waals surface area contributed by atoms with E-state index in [0.717, 1.165) is 44.0 Å². The van der Waals surface area contributed by atoms with Crippen LogP contribution in [0.2, 0.25) is 0 Å². The second kappa shape index (κ2) is 9.70. The third-order valence-electron chi connectivity index (χ3n) is 7.82. The summed E-state index contributed by atoms with van der Waals surface area (Å²) in [5.74, 6) is 1.67. The van der Waals surface area contributed by atoms with Crippen molar-refractivity contribution in [2.75, 3.05) is 24.5 Å². The first-order valence-corrected chi connectivity index (χ1v) is 12.6. The number of hydrogen-bond acceptors (Lipinski definition) is 4. The molecule has 0 spiro atoms. The second-order valence-corrected chi connectivity index (χ2v) is 10.1. The number of nitrogens with one attached hydrogen (secondary N) is 1. The molecule has 0 bridgehead atoms. The minimum Gasteiger partial charge on any atom is -0.467 e. The lowest BCUT2D eigenvalue weighted by molar-refractivity contribution is 0.0899. The lowest BCUT2D eigenvalue weighted by Crippen LogP contribution is -2.46. The Morgan fingerprint density at radius 1 is 1.06 bits per heavy atom. The van der Waals surface area contributed by atoms with Gasteiger partial charge in [0.05, 0.1) is 18.4 Å². The van der Waals surface area contributed by atoms with E-state index >= 15 is 0 Å². The van der Waals surface area contributed by atoms with Crippen LogP contribution in [-0.2, 0) is 13.0 Å². The summed E-state index contributed by atoms with van der Waals surface area (Å²) in [6, 6.07) is 11.0. The van der Waals surface area contributed by atoms with Crippen LogP contribution in [0.1, 0.15) is 73.6 Å². The van der Waals surface area contributed by atoms with Crippen molar-refractivity contribution in [3.8, 4) is 0 Å². The van der Waals surface area contributed by atoms with Gasteiger partial charge in [-0.1, -0.05) is 37.5 Å². The summed E-state index contributed by atoms with van der Waals surface area (Å²) in [6.07, 6.45) is 11.8. The van der Waals surface area contributed by atoms with E-state index in [1.54, 1.807) is 6.26 Å². The van der Waals surface area contributed by atoms with Crippen molar-refractivity contribution in [2.24, 2.45) is 5.92 Å². The van der Waals surface area contributed by atoms with Crippen molar-refractivity contribution in [1.82, 2.24) is 10.2 Å². The van der Waals surface area contributed by atoms with Crippen LogP contribution in [0.15, 0.2) is 41.0 Å². The fourth-order valence-electron chi connectivity index (χ4n) is 5.95. The predicted octanol–water partition coefficient (Wildman–Crippen LogP) is 5.01. The maximum Gasteiger partial charge on any atom is 0.255 e. The van der Waals surface area contributed by atoms with Gasteiger partial charge in [-0.15, -0.1) is 0 Å². The van der Waals surface area contributed by atoms with E-state index in [9.17, 15) is 4.79 Å². The third kappa shape index (κ3) is 4.73. The maximum atomic E-state index is 13.1. The zero-order valence-corrected chi connectivity index (χ0v) is 19.4. The summed E-state index contributed by atoms with van der Waals surface area (Å²) in [6.45, 7) is 6.32. The Morgan fingerprint density at radius 2 is 1.84 bits per heavy atom. The average Bonchev–Trinajstić information content (AvgIpc) is 3.40. The number of amides is 1. The van der Waals surface area contributed by atoms with Gasteiger partial charge >= 0.3 is 0 Å². The topological polar surface area (TPSA) is 48.7 Å². The quantitative estimate of drug-likeness (QED) is 0.693. The standard InChI is InChI=1S/C27H37N3O2/c1-20-17-22-9-5-6-10-25(22)30(20)19-26-24(13-16-32-26)27(31)28-23-11-14-29(15-12-23)18-21-7-3-2-4-8-21/h5-6,9-10,13,16,20-21,23H,2-4,7-8,11-12,14-15,17-19H2,1H3,(H,28,31). The van der Waals surface area contributed by atoms with Gasteiger partial charge < -0.3 is 19.5 Å². The molecule has 3 heterocycles. The van der Waals surface area contributed by atoms with E-state index in [0.29, 0.717) is 18.2 Å². The number of carbonyl (C=O) groups excluding carboxylic acids is 1. The fourth-order valence-corrected chi connectivity index (χ4v) is 5.95. The van der Waals surface area contributed by atoms with E-state index < -0.39 is 0 Å². The summed E-state index contributed by atoms with van der Waals surface area (Å²) in [4.78, 5) is 18.1. The Hall–Kier alpha value is -2.27. The Kier molecular flexibility index (Phi) is 6.54. The second-order valence-electron chi connectivity index (χ2n) is 10.1. The van der Waals surface area contributed by atoms with Gasteiger partial charge in [-0.05, 0) is 62.6 Å². The molecule has 2 fully saturated rings. The van der Waals surface area contributed by atoms with Crippen LogP contribution in [0.5, 0.6) is 0 Å². The molecule has 1 unspecified atom stereocenters. The molecule has 32 heavy (non-hydrogen) atoms. The van der Waals surface area contributed by atoms with Crippen molar-refractivity contribution in [3.63, 3.8) is 0 Å². The van der Waals surface area contributed by atoms with E-state index in [2.05, 4.69) is 46.3 Å². The van der Waals surface area contributed by atoms with E-state index in [-0.39, 0.29) is 11.9 Å². The third-order valence-corrected chi connectivity index (χ3v) is 7.82. The Morgan fingerprint density at radius 3 is 2.66 bits per heavy atom. The van der Waals surface area contributed by atoms with Crippen LogP contribution in [0.3, 0.4) is 0 Å². The molecule has 1 aliphatic carbocycles. The molecule has 1 amide bonds. The van der Waals surface area contributed by atoms with Crippen LogP contribution in [-0.4, -0.2) is 42.5 Å². The largest absolute Gasteiger partial charge is 0.467 e. The van der Waals surface area contributed by atoms with Crippen LogP contribution in [0, 0.1) is 5.92 Å². The highest BCUT2D eigenvalue weighted by atomic mass is 16.3.